The van der Waals surface area contributed by atoms with E-state index in [1.165, 1.54) is 0 Å². The summed E-state index contributed by atoms with van der Waals surface area (Å²) in [6, 6.07) is 5.92. The fourth-order valence-corrected chi connectivity index (χ4v) is 2.00. The SMILES string of the molecule is Cc1ccc2c(c1)OCC(=O)N2C(C)(C)C. The Morgan fingerprint density at radius 3 is 2.62 bits per heavy atom. The number of hydrogen-bond acceptors (Lipinski definition) is 2. The third kappa shape index (κ3) is 1.77. The molecule has 1 aliphatic heterocycles. The summed E-state index contributed by atoms with van der Waals surface area (Å²) in [4.78, 5) is 13.7. The Morgan fingerprint density at radius 1 is 1.31 bits per heavy atom. The van der Waals surface area contributed by atoms with Crippen LogP contribution < -0.4 is 9.64 Å². The molecule has 0 unspecified atom stereocenters. The normalized spacial score (nSPS) is 15.8. The molecule has 0 spiro atoms. The molecule has 1 aliphatic rings. The number of anilines is 1. The molecule has 0 aliphatic carbocycles. The first-order valence-electron chi connectivity index (χ1n) is 5.46. The number of aryl methyl sites for hydroxylation is 1. The maximum Gasteiger partial charge on any atom is 0.265 e. The molecular weight excluding hydrogens is 202 g/mol. The van der Waals surface area contributed by atoms with Crippen molar-refractivity contribution in [1.29, 1.82) is 0 Å². The van der Waals surface area contributed by atoms with Gasteiger partial charge >= 0.3 is 0 Å². The Hall–Kier alpha value is -1.51. The molecule has 0 aromatic heterocycles. The van der Waals surface area contributed by atoms with Crippen molar-refractivity contribution in [2.45, 2.75) is 33.2 Å². The number of benzene rings is 1. The first kappa shape index (κ1) is 11.0. The zero-order valence-corrected chi connectivity index (χ0v) is 10.2. The Labute approximate surface area is 96.0 Å². The zero-order valence-electron chi connectivity index (χ0n) is 10.2. The van der Waals surface area contributed by atoms with Crippen molar-refractivity contribution < 1.29 is 9.53 Å². The Bertz CT molecular complexity index is 432. The number of carbonyl (C=O) groups excluding carboxylic acids is 1. The summed E-state index contributed by atoms with van der Waals surface area (Å²) in [7, 11) is 0. The number of amides is 1. The summed E-state index contributed by atoms with van der Waals surface area (Å²) in [6.07, 6.45) is 0. The highest BCUT2D eigenvalue weighted by molar-refractivity contribution is 5.99. The minimum Gasteiger partial charge on any atom is -0.482 e. The van der Waals surface area contributed by atoms with Crippen molar-refractivity contribution in [3.8, 4) is 5.75 Å². The van der Waals surface area contributed by atoms with E-state index in [1.54, 1.807) is 0 Å². The van der Waals surface area contributed by atoms with Crippen LogP contribution in [0.3, 0.4) is 0 Å². The summed E-state index contributed by atoms with van der Waals surface area (Å²) < 4.78 is 5.45. The topological polar surface area (TPSA) is 29.5 Å². The Morgan fingerprint density at radius 2 is 2.00 bits per heavy atom. The Kier molecular flexibility index (Phi) is 2.41. The van der Waals surface area contributed by atoms with Crippen molar-refractivity contribution in [3.63, 3.8) is 0 Å². The van der Waals surface area contributed by atoms with Crippen LogP contribution in [-0.2, 0) is 4.79 Å². The maximum atomic E-state index is 11.9. The van der Waals surface area contributed by atoms with Gasteiger partial charge in [-0.3, -0.25) is 4.79 Å². The third-order valence-corrected chi connectivity index (χ3v) is 2.63. The van der Waals surface area contributed by atoms with E-state index in [1.807, 2.05) is 50.8 Å². The van der Waals surface area contributed by atoms with Gasteiger partial charge < -0.3 is 9.64 Å². The molecule has 1 aromatic carbocycles. The van der Waals surface area contributed by atoms with Gasteiger partial charge in [-0.05, 0) is 45.4 Å². The van der Waals surface area contributed by atoms with Gasteiger partial charge in [0.1, 0.15) is 5.75 Å². The second-order valence-electron chi connectivity index (χ2n) is 5.16. The second kappa shape index (κ2) is 3.51. The summed E-state index contributed by atoms with van der Waals surface area (Å²) in [5, 5.41) is 0. The molecule has 1 aromatic rings. The van der Waals surface area contributed by atoms with Gasteiger partial charge in [-0.15, -0.1) is 0 Å². The van der Waals surface area contributed by atoms with Gasteiger partial charge in [0, 0.05) is 5.54 Å². The molecule has 1 amide bonds. The molecule has 3 nitrogen and oxygen atoms in total. The predicted molar refractivity (Wildman–Crippen MR) is 63.9 cm³/mol. The van der Waals surface area contributed by atoms with E-state index in [4.69, 9.17) is 4.74 Å². The highest BCUT2D eigenvalue weighted by atomic mass is 16.5. The van der Waals surface area contributed by atoms with Gasteiger partial charge in [0.05, 0.1) is 5.69 Å². The van der Waals surface area contributed by atoms with E-state index >= 15 is 0 Å². The molecule has 0 saturated carbocycles. The minimum absolute atomic E-state index is 0.0175. The molecule has 2 rings (SSSR count). The first-order valence-corrected chi connectivity index (χ1v) is 5.46. The molecule has 0 bridgehead atoms. The quantitative estimate of drug-likeness (QED) is 0.671. The lowest BCUT2D eigenvalue weighted by molar-refractivity contribution is -0.122. The average molecular weight is 219 g/mol. The number of rotatable bonds is 0. The molecule has 3 heteroatoms. The van der Waals surface area contributed by atoms with Crippen LogP contribution in [0.15, 0.2) is 18.2 Å². The Balaban J connectivity index is 2.53. The van der Waals surface area contributed by atoms with Gasteiger partial charge in [-0.1, -0.05) is 6.07 Å². The van der Waals surface area contributed by atoms with Gasteiger partial charge in [0.2, 0.25) is 0 Å². The molecule has 86 valence electrons. The molecule has 0 saturated heterocycles. The van der Waals surface area contributed by atoms with Crippen molar-refractivity contribution in [3.05, 3.63) is 23.8 Å². The van der Waals surface area contributed by atoms with Crippen molar-refractivity contribution in [2.75, 3.05) is 11.5 Å². The van der Waals surface area contributed by atoms with Gasteiger partial charge in [-0.25, -0.2) is 0 Å². The summed E-state index contributed by atoms with van der Waals surface area (Å²) >= 11 is 0. The van der Waals surface area contributed by atoms with Crippen LogP contribution in [0.4, 0.5) is 5.69 Å². The molecular formula is C13H17NO2. The minimum atomic E-state index is -0.217. The van der Waals surface area contributed by atoms with Crippen LogP contribution in [0.2, 0.25) is 0 Å². The second-order valence-corrected chi connectivity index (χ2v) is 5.16. The number of nitrogens with zero attached hydrogens (tertiary/aromatic N) is 1. The smallest absolute Gasteiger partial charge is 0.265 e. The number of fused-ring (bicyclic) bond motifs is 1. The molecule has 0 radical (unpaired) electrons. The zero-order chi connectivity index (χ0) is 11.9. The van der Waals surface area contributed by atoms with E-state index in [0.717, 1.165) is 17.0 Å². The van der Waals surface area contributed by atoms with Gasteiger partial charge in [0.15, 0.2) is 6.61 Å². The monoisotopic (exact) mass is 219 g/mol. The fraction of sp³-hybridized carbons (Fsp3) is 0.462. The van der Waals surface area contributed by atoms with E-state index in [-0.39, 0.29) is 18.1 Å². The predicted octanol–water partition coefficient (Wildman–Crippen LogP) is 2.52. The van der Waals surface area contributed by atoms with E-state index in [9.17, 15) is 4.79 Å². The summed E-state index contributed by atoms with van der Waals surface area (Å²) in [6.45, 7) is 8.23. The van der Waals surface area contributed by atoms with Crippen LogP contribution in [0.5, 0.6) is 5.75 Å². The third-order valence-electron chi connectivity index (χ3n) is 2.63. The lowest BCUT2D eigenvalue weighted by atomic mass is 10.0. The van der Waals surface area contributed by atoms with Crippen molar-refractivity contribution >= 4 is 11.6 Å². The first-order chi connectivity index (χ1) is 7.39. The van der Waals surface area contributed by atoms with E-state index < -0.39 is 0 Å². The highest BCUT2D eigenvalue weighted by Crippen LogP contribution is 2.36. The average Bonchev–Trinajstić information content (AvgIpc) is 2.16. The lowest BCUT2D eigenvalue weighted by Crippen LogP contribution is -2.50. The van der Waals surface area contributed by atoms with Crippen LogP contribution in [0, 0.1) is 6.92 Å². The standard InChI is InChI=1S/C13H17NO2/c1-9-5-6-10-11(7-9)16-8-12(15)14(10)13(2,3)4/h5-7H,8H2,1-4H3. The van der Waals surface area contributed by atoms with E-state index in [2.05, 4.69) is 0 Å². The molecule has 0 N–H and O–H groups in total. The number of hydrogen-bond donors (Lipinski definition) is 0. The van der Waals surface area contributed by atoms with Crippen LogP contribution in [0.1, 0.15) is 26.3 Å². The van der Waals surface area contributed by atoms with Crippen LogP contribution >= 0.6 is 0 Å². The molecule has 0 atom stereocenters. The molecule has 1 heterocycles. The van der Waals surface area contributed by atoms with Gasteiger partial charge in [-0.2, -0.15) is 0 Å². The van der Waals surface area contributed by atoms with Crippen molar-refractivity contribution in [1.82, 2.24) is 0 Å². The summed E-state index contributed by atoms with van der Waals surface area (Å²) in [5.41, 5.74) is 1.79. The molecule has 0 fully saturated rings. The number of ether oxygens (including phenoxy) is 1. The van der Waals surface area contributed by atoms with Crippen molar-refractivity contribution in [2.24, 2.45) is 0 Å². The fourth-order valence-electron chi connectivity index (χ4n) is 2.00. The maximum absolute atomic E-state index is 11.9. The lowest BCUT2D eigenvalue weighted by Gasteiger charge is -2.39. The van der Waals surface area contributed by atoms with Crippen LogP contribution in [-0.4, -0.2) is 18.1 Å². The highest BCUT2D eigenvalue weighted by Gasteiger charge is 2.33. The van der Waals surface area contributed by atoms with Gasteiger partial charge in [0.25, 0.3) is 5.91 Å². The largest absolute Gasteiger partial charge is 0.482 e. The summed E-state index contributed by atoms with van der Waals surface area (Å²) in [5.74, 6) is 0.818. The van der Waals surface area contributed by atoms with E-state index in [0.29, 0.717) is 0 Å². The molecule has 16 heavy (non-hydrogen) atoms. The number of carbonyl (C=O) groups is 1. The van der Waals surface area contributed by atoms with Crippen LogP contribution in [0.25, 0.3) is 0 Å².